The molecule has 0 aromatic heterocycles. The van der Waals surface area contributed by atoms with Gasteiger partial charge in [-0.15, -0.1) is 0 Å². The van der Waals surface area contributed by atoms with E-state index in [1.807, 2.05) is 0 Å². The van der Waals surface area contributed by atoms with Gasteiger partial charge in [0.2, 0.25) is 0 Å². The molecule has 0 aliphatic carbocycles. The first kappa shape index (κ1) is 10.3. The van der Waals surface area contributed by atoms with Crippen LogP contribution in [0.15, 0.2) is 0 Å². The van der Waals surface area contributed by atoms with E-state index in [4.69, 9.17) is 22.8 Å². The smallest absolute Gasteiger partial charge is 0.270 e. The van der Waals surface area contributed by atoms with Crippen LogP contribution in [0.5, 0.6) is 0 Å². The van der Waals surface area contributed by atoms with Crippen molar-refractivity contribution in [2.75, 3.05) is 26.3 Å². The number of carbonyl (C=O) groups excluding carboxylic acids is 1. The Morgan fingerprint density at radius 1 is 1.50 bits per heavy atom. The highest BCUT2D eigenvalue weighted by Crippen LogP contribution is 2.27. The van der Waals surface area contributed by atoms with E-state index >= 15 is 0 Å². The van der Waals surface area contributed by atoms with Crippen molar-refractivity contribution in [1.82, 2.24) is 9.91 Å². The largest absolute Gasteiger partial charge is 0.379 e. The number of hydrogen-bond donors (Lipinski definition) is 1. The molecule has 0 aromatic carbocycles. The summed E-state index contributed by atoms with van der Waals surface area (Å²) in [5.41, 5.74) is 0. The lowest BCUT2D eigenvalue weighted by molar-refractivity contribution is -0.130. The molecule has 78 valence electrons. The first-order chi connectivity index (χ1) is 6.70. The molecule has 0 saturated carbocycles. The Labute approximate surface area is 91.5 Å². The lowest BCUT2D eigenvalue weighted by atomic mass is 10.4. The molecule has 2 N–H and O–H groups in total. The van der Waals surface area contributed by atoms with Crippen molar-refractivity contribution < 1.29 is 9.53 Å². The average molecular weight is 233 g/mol. The minimum Gasteiger partial charge on any atom is -0.379 e. The van der Waals surface area contributed by atoms with Crippen molar-refractivity contribution >= 4 is 34.2 Å². The maximum Gasteiger partial charge on any atom is 0.270 e. The van der Waals surface area contributed by atoms with Crippen LogP contribution in [0.4, 0.5) is 0 Å². The van der Waals surface area contributed by atoms with Gasteiger partial charge in [-0.1, -0.05) is 24.0 Å². The molecule has 2 aliphatic rings. The molecule has 2 rings (SSSR count). The molecule has 5 nitrogen and oxygen atoms in total. The quantitative estimate of drug-likeness (QED) is 0.370. The molecule has 0 bridgehead atoms. The van der Waals surface area contributed by atoms with Crippen LogP contribution in [-0.4, -0.2) is 51.8 Å². The van der Waals surface area contributed by atoms with Gasteiger partial charge >= 0.3 is 0 Å². The van der Waals surface area contributed by atoms with E-state index in [1.54, 1.807) is 0 Å². The number of thioether (sulfide) groups is 1. The van der Waals surface area contributed by atoms with Crippen molar-refractivity contribution in [3.63, 3.8) is 0 Å². The minimum absolute atomic E-state index is 0.123. The highest BCUT2D eigenvalue weighted by molar-refractivity contribution is 8.24. The fourth-order valence-electron chi connectivity index (χ4n) is 1.45. The van der Waals surface area contributed by atoms with Gasteiger partial charge in [-0.05, 0) is 0 Å². The molecule has 2 heterocycles. The van der Waals surface area contributed by atoms with Crippen LogP contribution < -0.4 is 5.84 Å². The standard InChI is InChI=1S/C7H11N3O2S2/c8-10-5(11)6(14-7(10)13)9-1-3-12-4-2-9/h6H,1-4,8H2. The molecular weight excluding hydrogens is 222 g/mol. The van der Waals surface area contributed by atoms with E-state index in [0.29, 0.717) is 17.5 Å². The Morgan fingerprint density at radius 3 is 2.64 bits per heavy atom. The predicted octanol–water partition coefficient (Wildman–Crippen LogP) is -0.621. The molecule has 1 amide bonds. The second-order valence-electron chi connectivity index (χ2n) is 3.09. The van der Waals surface area contributed by atoms with Crippen molar-refractivity contribution in [2.45, 2.75) is 5.37 Å². The van der Waals surface area contributed by atoms with Gasteiger partial charge in [-0.3, -0.25) is 9.69 Å². The Morgan fingerprint density at radius 2 is 2.14 bits per heavy atom. The van der Waals surface area contributed by atoms with Gasteiger partial charge in [-0.2, -0.15) is 0 Å². The van der Waals surface area contributed by atoms with E-state index < -0.39 is 0 Å². The number of morpholine rings is 1. The number of nitrogens with zero attached hydrogens (tertiary/aromatic N) is 2. The zero-order valence-electron chi connectivity index (χ0n) is 7.51. The molecule has 7 heteroatoms. The zero-order valence-corrected chi connectivity index (χ0v) is 9.14. The molecule has 1 unspecified atom stereocenters. The van der Waals surface area contributed by atoms with E-state index in [-0.39, 0.29) is 11.3 Å². The number of rotatable bonds is 1. The third kappa shape index (κ3) is 1.78. The zero-order chi connectivity index (χ0) is 10.1. The highest BCUT2D eigenvalue weighted by atomic mass is 32.2. The summed E-state index contributed by atoms with van der Waals surface area (Å²) in [6, 6.07) is 0. The third-order valence-corrected chi connectivity index (χ3v) is 3.84. The number of ether oxygens (including phenoxy) is 1. The number of carbonyl (C=O) groups is 1. The number of thiocarbonyl (C=S) groups is 1. The van der Waals surface area contributed by atoms with Crippen LogP contribution in [0.1, 0.15) is 0 Å². The van der Waals surface area contributed by atoms with Gasteiger partial charge in [0.25, 0.3) is 5.91 Å². The van der Waals surface area contributed by atoms with E-state index in [9.17, 15) is 4.79 Å². The van der Waals surface area contributed by atoms with Gasteiger partial charge in [0.15, 0.2) is 4.32 Å². The summed E-state index contributed by atoms with van der Waals surface area (Å²) in [5.74, 6) is 5.36. The van der Waals surface area contributed by atoms with Crippen LogP contribution in [0.2, 0.25) is 0 Å². The SMILES string of the molecule is NN1C(=O)C(N2CCOCC2)SC1=S. The molecule has 14 heavy (non-hydrogen) atoms. The second kappa shape index (κ2) is 4.11. The van der Waals surface area contributed by atoms with Crippen molar-refractivity contribution in [3.8, 4) is 0 Å². The summed E-state index contributed by atoms with van der Waals surface area (Å²) in [6.07, 6.45) is 0. The van der Waals surface area contributed by atoms with Crippen LogP contribution in [-0.2, 0) is 9.53 Å². The molecule has 0 spiro atoms. The fraction of sp³-hybridized carbons (Fsp3) is 0.714. The molecule has 0 radical (unpaired) electrons. The topological polar surface area (TPSA) is 58.8 Å². The number of hydrogen-bond acceptors (Lipinski definition) is 6. The summed E-state index contributed by atoms with van der Waals surface area (Å²) in [4.78, 5) is 13.7. The number of amides is 1. The Hall–Kier alpha value is -0.210. The van der Waals surface area contributed by atoms with E-state index in [1.165, 1.54) is 11.8 Å². The summed E-state index contributed by atoms with van der Waals surface area (Å²) < 4.78 is 5.66. The molecule has 2 saturated heterocycles. The van der Waals surface area contributed by atoms with Gasteiger partial charge in [0, 0.05) is 13.1 Å². The minimum atomic E-state index is -0.239. The monoisotopic (exact) mass is 233 g/mol. The van der Waals surface area contributed by atoms with Crippen LogP contribution >= 0.6 is 24.0 Å². The van der Waals surface area contributed by atoms with Crippen molar-refractivity contribution in [3.05, 3.63) is 0 Å². The molecule has 2 aliphatic heterocycles. The Balaban J connectivity index is 2.04. The predicted molar refractivity (Wildman–Crippen MR) is 57.4 cm³/mol. The molecule has 1 atom stereocenters. The highest BCUT2D eigenvalue weighted by Gasteiger charge is 2.39. The lowest BCUT2D eigenvalue weighted by Crippen LogP contribution is -2.47. The van der Waals surface area contributed by atoms with Crippen LogP contribution in [0.25, 0.3) is 0 Å². The molecule has 0 aromatic rings. The van der Waals surface area contributed by atoms with Crippen molar-refractivity contribution in [1.29, 1.82) is 0 Å². The van der Waals surface area contributed by atoms with Gasteiger partial charge in [0.1, 0.15) is 5.37 Å². The fourth-order valence-corrected chi connectivity index (χ4v) is 2.79. The maximum absolute atomic E-state index is 11.6. The third-order valence-electron chi connectivity index (χ3n) is 2.24. The van der Waals surface area contributed by atoms with E-state index in [0.717, 1.165) is 18.1 Å². The number of nitrogens with two attached hydrogens (primary N) is 1. The lowest BCUT2D eigenvalue weighted by Gasteiger charge is -2.29. The van der Waals surface area contributed by atoms with Gasteiger partial charge in [0.05, 0.1) is 13.2 Å². The first-order valence-corrected chi connectivity index (χ1v) is 5.60. The first-order valence-electron chi connectivity index (χ1n) is 4.31. The van der Waals surface area contributed by atoms with Crippen LogP contribution in [0, 0.1) is 0 Å². The summed E-state index contributed by atoms with van der Waals surface area (Å²) in [6.45, 7) is 2.86. The maximum atomic E-state index is 11.6. The van der Waals surface area contributed by atoms with Crippen LogP contribution in [0.3, 0.4) is 0 Å². The summed E-state index contributed by atoms with van der Waals surface area (Å²) in [7, 11) is 0. The van der Waals surface area contributed by atoms with Gasteiger partial charge in [-0.25, -0.2) is 10.9 Å². The van der Waals surface area contributed by atoms with E-state index in [2.05, 4.69) is 4.90 Å². The molecular formula is C7H11N3O2S2. The second-order valence-corrected chi connectivity index (χ2v) is 4.81. The number of hydrazine groups is 1. The van der Waals surface area contributed by atoms with Gasteiger partial charge < -0.3 is 4.74 Å². The molecule has 2 fully saturated rings. The summed E-state index contributed by atoms with van der Waals surface area (Å²) >= 11 is 6.29. The average Bonchev–Trinajstić information content (AvgIpc) is 2.47. The Bertz CT molecular complexity index is 268. The Kier molecular flexibility index (Phi) is 3.03. The summed E-state index contributed by atoms with van der Waals surface area (Å²) in [5, 5.41) is 0.816. The van der Waals surface area contributed by atoms with Crippen molar-refractivity contribution in [2.24, 2.45) is 5.84 Å². The normalized spacial score (nSPS) is 30.1.